The van der Waals surface area contributed by atoms with Gasteiger partial charge >= 0.3 is 0 Å². The third-order valence-corrected chi connectivity index (χ3v) is 5.26. The van der Waals surface area contributed by atoms with E-state index in [0.29, 0.717) is 12.3 Å². The maximum atomic E-state index is 12.0. The van der Waals surface area contributed by atoms with E-state index >= 15 is 0 Å². The highest BCUT2D eigenvalue weighted by atomic mass is 16.1. The van der Waals surface area contributed by atoms with Gasteiger partial charge in [0.15, 0.2) is 0 Å². The van der Waals surface area contributed by atoms with Crippen LogP contribution in [0.2, 0.25) is 0 Å². The molecule has 1 saturated carbocycles. The van der Waals surface area contributed by atoms with E-state index in [0.717, 1.165) is 28.0 Å². The number of rotatable bonds is 2. The van der Waals surface area contributed by atoms with Crippen molar-refractivity contribution in [2.24, 2.45) is 7.05 Å². The minimum Gasteiger partial charge on any atom is -0.380 e. The lowest BCUT2D eigenvalue weighted by Crippen LogP contribution is -2.19. The largest absolute Gasteiger partial charge is 0.380 e. The lowest BCUT2D eigenvalue weighted by molar-refractivity contribution is -0.116. The van der Waals surface area contributed by atoms with Crippen LogP contribution < -0.4 is 10.6 Å². The first-order valence-corrected chi connectivity index (χ1v) is 9.11. The van der Waals surface area contributed by atoms with Gasteiger partial charge in [-0.25, -0.2) is 0 Å². The first-order chi connectivity index (χ1) is 12.6. The molecule has 2 N–H and O–H groups in total. The van der Waals surface area contributed by atoms with Crippen molar-refractivity contribution in [1.29, 1.82) is 0 Å². The maximum absolute atomic E-state index is 12.0. The van der Waals surface area contributed by atoms with Crippen LogP contribution in [0.25, 0.3) is 22.0 Å². The molecule has 1 aromatic carbocycles. The Balaban J connectivity index is 1.68. The molecule has 1 aliphatic carbocycles. The summed E-state index contributed by atoms with van der Waals surface area (Å²) < 4.78 is 1.97. The second-order valence-electron chi connectivity index (χ2n) is 7.42. The predicted molar refractivity (Wildman–Crippen MR) is 102 cm³/mol. The fraction of sp³-hybridized carbons (Fsp3) is 0.350. The number of aryl methyl sites for hydroxylation is 1. The smallest absolute Gasteiger partial charge is 0.226 e. The molecule has 1 fully saturated rings. The van der Waals surface area contributed by atoms with Crippen LogP contribution in [0, 0.1) is 0 Å². The number of hydrogen-bond acceptors (Lipinski definition) is 4. The molecule has 1 aliphatic heterocycles. The van der Waals surface area contributed by atoms with Crippen LogP contribution in [0.4, 0.5) is 11.4 Å². The minimum atomic E-state index is 0.0152. The van der Waals surface area contributed by atoms with E-state index in [1.54, 1.807) is 6.20 Å². The monoisotopic (exact) mass is 347 g/mol. The molecule has 1 amide bonds. The lowest BCUT2D eigenvalue weighted by atomic mass is 10.0. The molecule has 0 radical (unpaired) electrons. The molecule has 132 valence electrons. The fourth-order valence-corrected chi connectivity index (χ4v) is 3.83. The maximum Gasteiger partial charge on any atom is 0.226 e. The summed E-state index contributed by atoms with van der Waals surface area (Å²) in [5.41, 5.74) is 6.13. The van der Waals surface area contributed by atoms with Gasteiger partial charge in [-0.05, 0) is 37.5 Å². The summed E-state index contributed by atoms with van der Waals surface area (Å²) in [5.74, 6) is 0.610. The van der Waals surface area contributed by atoms with Crippen LogP contribution in [-0.4, -0.2) is 26.7 Å². The number of pyridine rings is 1. The third-order valence-electron chi connectivity index (χ3n) is 5.26. The molecule has 0 bridgehead atoms. The number of amides is 1. The zero-order valence-corrected chi connectivity index (χ0v) is 14.9. The molecule has 0 unspecified atom stereocenters. The zero-order valence-electron chi connectivity index (χ0n) is 14.9. The number of anilines is 2. The highest BCUT2D eigenvalue weighted by molar-refractivity contribution is 6.00. The van der Waals surface area contributed by atoms with Crippen LogP contribution in [0.5, 0.6) is 0 Å². The zero-order chi connectivity index (χ0) is 17.8. The van der Waals surface area contributed by atoms with E-state index < -0.39 is 0 Å². The average Bonchev–Trinajstić information content (AvgIpc) is 3.41. The van der Waals surface area contributed by atoms with Crippen molar-refractivity contribution < 1.29 is 4.79 Å². The Kier molecular flexibility index (Phi) is 3.29. The predicted octanol–water partition coefficient (Wildman–Crippen LogP) is 3.66. The van der Waals surface area contributed by atoms with Gasteiger partial charge in [0.2, 0.25) is 5.91 Å². The van der Waals surface area contributed by atoms with E-state index in [1.807, 2.05) is 24.9 Å². The Bertz CT molecular complexity index is 1030. The van der Waals surface area contributed by atoms with Gasteiger partial charge in [0, 0.05) is 42.6 Å². The number of fused-ring (bicyclic) bond motifs is 2. The van der Waals surface area contributed by atoms with Gasteiger partial charge in [-0.15, -0.1) is 0 Å². The highest BCUT2D eigenvalue weighted by Gasteiger charge is 2.29. The molecule has 3 heterocycles. The molecule has 2 aliphatic rings. The Labute approximate surface area is 151 Å². The first kappa shape index (κ1) is 15.4. The van der Waals surface area contributed by atoms with Gasteiger partial charge in [-0.3, -0.25) is 14.5 Å². The summed E-state index contributed by atoms with van der Waals surface area (Å²) in [6.07, 6.45) is 6.47. The topological polar surface area (TPSA) is 71.8 Å². The van der Waals surface area contributed by atoms with Crippen LogP contribution in [-0.2, 0) is 11.8 Å². The van der Waals surface area contributed by atoms with E-state index in [1.165, 1.54) is 23.9 Å². The molecule has 6 heteroatoms. The summed E-state index contributed by atoms with van der Waals surface area (Å²) in [6, 6.07) is 6.52. The normalized spacial score (nSPS) is 19.6. The number of carbonyl (C=O) groups excluding carboxylic acids is 1. The SMILES string of the molecule is C[C@@H]1CC(=O)Nc2cncc(-c3ccc4c(c3)c(C3CC3)nn4C)c2N1. The van der Waals surface area contributed by atoms with Gasteiger partial charge in [0.1, 0.15) is 0 Å². The van der Waals surface area contributed by atoms with Crippen molar-refractivity contribution in [1.82, 2.24) is 14.8 Å². The molecule has 1 atom stereocenters. The summed E-state index contributed by atoms with van der Waals surface area (Å²) in [4.78, 5) is 16.4. The molecule has 6 nitrogen and oxygen atoms in total. The molecule has 26 heavy (non-hydrogen) atoms. The van der Waals surface area contributed by atoms with Crippen molar-refractivity contribution in [3.63, 3.8) is 0 Å². The Morgan fingerprint density at radius 3 is 2.88 bits per heavy atom. The van der Waals surface area contributed by atoms with Gasteiger partial charge in [0.05, 0.1) is 28.8 Å². The van der Waals surface area contributed by atoms with Gasteiger partial charge in [0.25, 0.3) is 0 Å². The van der Waals surface area contributed by atoms with Gasteiger partial charge in [-0.2, -0.15) is 5.10 Å². The molecular formula is C20H21N5O. The molecule has 5 rings (SSSR count). The van der Waals surface area contributed by atoms with Crippen LogP contribution in [0.1, 0.15) is 37.8 Å². The molecular weight excluding hydrogens is 326 g/mol. The quantitative estimate of drug-likeness (QED) is 0.742. The van der Waals surface area contributed by atoms with Crippen LogP contribution >= 0.6 is 0 Å². The standard InChI is InChI=1S/C20H21N5O/c1-11-7-18(26)23-16-10-21-9-15(20(16)22-11)13-5-6-17-14(8-13)19(12-3-4-12)24-25(17)2/h5-6,8-12,22H,3-4,7H2,1-2H3,(H,23,26)/t11-/m1/s1. The van der Waals surface area contributed by atoms with E-state index in [-0.39, 0.29) is 11.9 Å². The van der Waals surface area contributed by atoms with Crippen molar-refractivity contribution in [3.05, 3.63) is 36.3 Å². The summed E-state index contributed by atoms with van der Waals surface area (Å²) >= 11 is 0. The van der Waals surface area contributed by atoms with Gasteiger partial charge < -0.3 is 10.6 Å². The summed E-state index contributed by atoms with van der Waals surface area (Å²) in [6.45, 7) is 2.02. The lowest BCUT2D eigenvalue weighted by Gasteiger charge is -2.16. The first-order valence-electron chi connectivity index (χ1n) is 9.11. The summed E-state index contributed by atoms with van der Waals surface area (Å²) in [5, 5.41) is 12.4. The highest BCUT2D eigenvalue weighted by Crippen LogP contribution is 2.44. The van der Waals surface area contributed by atoms with Crippen molar-refractivity contribution in [3.8, 4) is 11.1 Å². The number of nitrogens with zero attached hydrogens (tertiary/aromatic N) is 3. The molecule has 0 saturated heterocycles. The second kappa shape index (κ2) is 5.56. The van der Waals surface area contributed by atoms with Crippen LogP contribution in [0.15, 0.2) is 30.6 Å². The molecule has 2 aromatic heterocycles. The van der Waals surface area contributed by atoms with Crippen molar-refractivity contribution in [2.45, 2.75) is 38.1 Å². The van der Waals surface area contributed by atoms with Crippen molar-refractivity contribution >= 4 is 28.2 Å². The van der Waals surface area contributed by atoms with E-state index in [4.69, 9.17) is 5.10 Å². The molecule has 3 aromatic rings. The number of carbonyl (C=O) groups is 1. The second-order valence-corrected chi connectivity index (χ2v) is 7.42. The number of nitrogens with one attached hydrogen (secondary N) is 2. The third kappa shape index (κ3) is 2.44. The number of benzene rings is 1. The fourth-order valence-electron chi connectivity index (χ4n) is 3.83. The average molecular weight is 347 g/mol. The Morgan fingerprint density at radius 1 is 1.23 bits per heavy atom. The van der Waals surface area contributed by atoms with E-state index in [9.17, 15) is 4.79 Å². The van der Waals surface area contributed by atoms with Gasteiger partial charge in [-0.1, -0.05) is 6.07 Å². The Hall–Kier alpha value is -2.89. The summed E-state index contributed by atoms with van der Waals surface area (Å²) in [7, 11) is 2.00. The van der Waals surface area contributed by atoms with E-state index in [2.05, 4.69) is 33.8 Å². The minimum absolute atomic E-state index is 0.0152. The number of aromatic nitrogens is 3. The molecule has 0 spiro atoms. The van der Waals surface area contributed by atoms with Crippen LogP contribution in [0.3, 0.4) is 0 Å². The Morgan fingerprint density at radius 2 is 2.08 bits per heavy atom. The number of hydrogen-bond donors (Lipinski definition) is 2. The van der Waals surface area contributed by atoms with Crippen molar-refractivity contribution in [2.75, 3.05) is 10.6 Å².